The Kier molecular flexibility index (Phi) is 4.01. The molecule has 100 valence electrons. The Balaban J connectivity index is 2.20. The fourth-order valence-electron chi connectivity index (χ4n) is 1.86. The smallest absolute Gasteiger partial charge is 0.264 e. The molecule has 0 aromatic heterocycles. The fourth-order valence-corrected chi connectivity index (χ4v) is 1.86. The molecule has 1 heterocycles. The normalized spacial score (nSPS) is 19.1. The highest BCUT2D eigenvalue weighted by Crippen LogP contribution is 2.21. The Morgan fingerprint density at radius 3 is 2.58 bits per heavy atom. The molecule has 6 heteroatoms. The van der Waals surface area contributed by atoms with Crippen LogP contribution in [-0.2, 0) is 9.59 Å². The number of hydrogen-bond donors (Lipinski definition) is 2. The van der Waals surface area contributed by atoms with Gasteiger partial charge in [-0.25, -0.2) is 4.39 Å². The number of amidine groups is 1. The van der Waals surface area contributed by atoms with E-state index in [2.05, 4.69) is 15.6 Å². The number of rotatable bonds is 4. The van der Waals surface area contributed by atoms with Gasteiger partial charge in [-0.3, -0.25) is 9.59 Å². The van der Waals surface area contributed by atoms with Crippen LogP contribution in [0.5, 0.6) is 0 Å². The highest BCUT2D eigenvalue weighted by atomic mass is 19.1. The summed E-state index contributed by atoms with van der Waals surface area (Å²) >= 11 is 0. The predicted molar refractivity (Wildman–Crippen MR) is 68.3 cm³/mol. The average molecular weight is 263 g/mol. The monoisotopic (exact) mass is 263 g/mol. The Labute approximate surface area is 109 Å². The van der Waals surface area contributed by atoms with Crippen molar-refractivity contribution in [2.45, 2.75) is 12.3 Å². The minimum absolute atomic E-state index is 0.364. The average Bonchev–Trinajstić information content (AvgIpc) is 2.38. The summed E-state index contributed by atoms with van der Waals surface area (Å²) in [6.45, 7) is 0.619. The number of hydrogen-bond acceptors (Lipinski definition) is 3. The lowest BCUT2D eigenvalue weighted by Crippen LogP contribution is -2.43. The van der Waals surface area contributed by atoms with Crippen molar-refractivity contribution in [3.05, 3.63) is 35.6 Å². The maximum atomic E-state index is 12.8. The van der Waals surface area contributed by atoms with E-state index in [1.807, 2.05) is 0 Å². The number of carbonyl (C=O) groups excluding carboxylic acids is 2. The molecule has 0 saturated heterocycles. The van der Waals surface area contributed by atoms with Crippen LogP contribution in [0.3, 0.4) is 0 Å². The number of nitrogens with one attached hydrogen (secondary N) is 2. The zero-order valence-electron chi connectivity index (χ0n) is 10.4. The third kappa shape index (κ3) is 3.03. The van der Waals surface area contributed by atoms with E-state index in [0.29, 0.717) is 24.4 Å². The van der Waals surface area contributed by atoms with Gasteiger partial charge in [-0.05, 0) is 24.7 Å². The second-order valence-corrected chi connectivity index (χ2v) is 4.22. The first-order valence-electron chi connectivity index (χ1n) is 5.94. The molecule has 0 fully saturated rings. The van der Waals surface area contributed by atoms with Gasteiger partial charge in [-0.1, -0.05) is 12.1 Å². The summed E-state index contributed by atoms with van der Waals surface area (Å²) in [6, 6.07) is 5.28. The molecule has 1 atom stereocenters. The number of nitrogens with zero attached hydrogens (tertiary/aromatic N) is 1. The lowest BCUT2D eigenvalue weighted by atomic mass is 9.96. The number of carbonyl (C=O) groups is 2. The Bertz CT molecular complexity index is 525. The fraction of sp³-hybridized carbons (Fsp3) is 0.308. The summed E-state index contributed by atoms with van der Waals surface area (Å²) in [7, 11) is 1.77. The van der Waals surface area contributed by atoms with E-state index in [9.17, 15) is 14.0 Å². The standard InChI is InChI=1S/C13H14FN3O2/c1-15-7-6-10-16-12(18)11(13(19)17-10)8-2-4-9(14)5-3-8/h2-5,11,15H,6-7H2,1H3,(H,16,17,18,19). The zero-order chi connectivity index (χ0) is 13.8. The maximum Gasteiger partial charge on any atom is 0.264 e. The van der Waals surface area contributed by atoms with Gasteiger partial charge in [0.05, 0.1) is 0 Å². The van der Waals surface area contributed by atoms with Crippen LogP contribution in [0.2, 0.25) is 0 Å². The molecule has 2 rings (SSSR count). The van der Waals surface area contributed by atoms with Crippen molar-refractivity contribution < 1.29 is 14.0 Å². The van der Waals surface area contributed by atoms with Gasteiger partial charge >= 0.3 is 0 Å². The molecule has 0 bridgehead atoms. The largest absolute Gasteiger partial charge is 0.319 e. The van der Waals surface area contributed by atoms with Crippen molar-refractivity contribution >= 4 is 17.6 Å². The van der Waals surface area contributed by atoms with Crippen LogP contribution in [-0.4, -0.2) is 31.2 Å². The van der Waals surface area contributed by atoms with Crippen LogP contribution in [0.15, 0.2) is 29.3 Å². The minimum atomic E-state index is -0.987. The molecule has 19 heavy (non-hydrogen) atoms. The van der Waals surface area contributed by atoms with E-state index in [1.54, 1.807) is 7.05 Å². The molecule has 0 aliphatic carbocycles. The molecule has 2 amide bonds. The summed E-state index contributed by atoms with van der Waals surface area (Å²) in [5.74, 6) is -1.97. The van der Waals surface area contributed by atoms with Gasteiger partial charge in [-0.2, -0.15) is 4.99 Å². The highest BCUT2D eigenvalue weighted by molar-refractivity contribution is 6.19. The molecule has 0 radical (unpaired) electrons. The molecule has 0 spiro atoms. The van der Waals surface area contributed by atoms with Crippen molar-refractivity contribution in [3.63, 3.8) is 0 Å². The molecule has 1 aromatic rings. The van der Waals surface area contributed by atoms with Crippen LogP contribution in [0, 0.1) is 5.82 Å². The number of benzene rings is 1. The van der Waals surface area contributed by atoms with Crippen molar-refractivity contribution in [1.29, 1.82) is 0 Å². The SMILES string of the molecule is CNCCC1=NC(=O)C(c2ccc(F)cc2)C(=O)N1. The van der Waals surface area contributed by atoms with E-state index < -0.39 is 23.5 Å². The number of aliphatic imine (C=N–C) groups is 1. The number of amides is 2. The van der Waals surface area contributed by atoms with Gasteiger partial charge in [0.2, 0.25) is 5.91 Å². The minimum Gasteiger partial charge on any atom is -0.319 e. The summed E-state index contributed by atoms with van der Waals surface area (Å²) in [5.41, 5.74) is 0.445. The van der Waals surface area contributed by atoms with Gasteiger partial charge in [0.15, 0.2) is 0 Å². The molecule has 1 aliphatic heterocycles. The second kappa shape index (κ2) is 5.71. The lowest BCUT2D eigenvalue weighted by molar-refractivity contribution is -0.129. The first-order valence-corrected chi connectivity index (χ1v) is 5.94. The van der Waals surface area contributed by atoms with Gasteiger partial charge in [0.25, 0.3) is 5.91 Å². The molecule has 2 N–H and O–H groups in total. The van der Waals surface area contributed by atoms with Crippen molar-refractivity contribution in [2.75, 3.05) is 13.6 Å². The third-order valence-electron chi connectivity index (χ3n) is 2.84. The van der Waals surface area contributed by atoms with Crippen LogP contribution in [0.25, 0.3) is 0 Å². The topological polar surface area (TPSA) is 70.6 Å². The van der Waals surface area contributed by atoms with E-state index in [0.717, 1.165) is 0 Å². The first kappa shape index (κ1) is 13.4. The van der Waals surface area contributed by atoms with Crippen LogP contribution >= 0.6 is 0 Å². The predicted octanol–water partition coefficient (Wildman–Crippen LogP) is 0.574. The Morgan fingerprint density at radius 2 is 2.00 bits per heavy atom. The third-order valence-corrected chi connectivity index (χ3v) is 2.84. The van der Waals surface area contributed by atoms with E-state index in [4.69, 9.17) is 0 Å². The molecule has 5 nitrogen and oxygen atoms in total. The Morgan fingerprint density at radius 1 is 1.32 bits per heavy atom. The van der Waals surface area contributed by atoms with Crippen molar-refractivity contribution in [2.24, 2.45) is 4.99 Å². The molecule has 0 saturated carbocycles. The summed E-state index contributed by atoms with van der Waals surface area (Å²) in [6.07, 6.45) is 0.476. The first-order chi connectivity index (χ1) is 9.11. The lowest BCUT2D eigenvalue weighted by Gasteiger charge is -2.20. The van der Waals surface area contributed by atoms with E-state index >= 15 is 0 Å². The molecule has 1 aromatic carbocycles. The van der Waals surface area contributed by atoms with Crippen LogP contribution in [0.1, 0.15) is 17.9 Å². The molecular formula is C13H14FN3O2. The second-order valence-electron chi connectivity index (χ2n) is 4.22. The van der Waals surface area contributed by atoms with Crippen LogP contribution < -0.4 is 10.6 Å². The van der Waals surface area contributed by atoms with Gasteiger partial charge < -0.3 is 10.6 Å². The molecular weight excluding hydrogens is 249 g/mol. The van der Waals surface area contributed by atoms with Crippen molar-refractivity contribution in [1.82, 2.24) is 10.6 Å². The van der Waals surface area contributed by atoms with E-state index in [1.165, 1.54) is 24.3 Å². The maximum absolute atomic E-state index is 12.8. The van der Waals surface area contributed by atoms with Gasteiger partial charge in [-0.15, -0.1) is 0 Å². The zero-order valence-corrected chi connectivity index (χ0v) is 10.4. The van der Waals surface area contributed by atoms with Crippen LogP contribution in [0.4, 0.5) is 4.39 Å². The Hall–Kier alpha value is -2.08. The number of halogens is 1. The highest BCUT2D eigenvalue weighted by Gasteiger charge is 2.32. The summed E-state index contributed by atoms with van der Waals surface area (Å²) in [4.78, 5) is 27.7. The van der Waals surface area contributed by atoms with Gasteiger partial charge in [0, 0.05) is 13.0 Å². The van der Waals surface area contributed by atoms with Crippen molar-refractivity contribution in [3.8, 4) is 0 Å². The van der Waals surface area contributed by atoms with E-state index in [-0.39, 0.29) is 0 Å². The molecule has 1 aliphatic rings. The molecule has 1 unspecified atom stereocenters. The summed E-state index contributed by atoms with van der Waals surface area (Å²) in [5, 5.41) is 5.51. The van der Waals surface area contributed by atoms with Gasteiger partial charge in [0.1, 0.15) is 17.6 Å². The summed E-state index contributed by atoms with van der Waals surface area (Å²) < 4.78 is 12.8. The quantitative estimate of drug-likeness (QED) is 0.780.